The first-order valence-electron chi connectivity index (χ1n) is 7.82. The predicted molar refractivity (Wildman–Crippen MR) is 80.0 cm³/mol. The normalized spacial score (nSPS) is 28.3. The second kappa shape index (κ2) is 6.34. The van der Waals surface area contributed by atoms with E-state index in [-0.39, 0.29) is 29.9 Å². The van der Waals surface area contributed by atoms with Crippen LogP contribution in [0.15, 0.2) is 24.3 Å². The van der Waals surface area contributed by atoms with E-state index in [9.17, 15) is 9.18 Å². The molecule has 120 valence electrons. The molecule has 0 radical (unpaired) electrons. The molecule has 0 aliphatic carbocycles. The Labute approximate surface area is 130 Å². The number of amides is 1. The van der Waals surface area contributed by atoms with E-state index in [0.717, 1.165) is 25.9 Å². The number of ether oxygens (including phenoxy) is 2. The Hall–Kier alpha value is -1.46. The van der Waals surface area contributed by atoms with Crippen LogP contribution in [0.4, 0.5) is 4.39 Å². The molecule has 0 saturated carbocycles. The van der Waals surface area contributed by atoms with E-state index >= 15 is 0 Å². The molecule has 1 spiro atoms. The van der Waals surface area contributed by atoms with E-state index in [0.29, 0.717) is 18.7 Å². The van der Waals surface area contributed by atoms with Gasteiger partial charge < -0.3 is 14.4 Å². The van der Waals surface area contributed by atoms with Crippen molar-refractivity contribution in [3.8, 4) is 0 Å². The Morgan fingerprint density at radius 3 is 3.00 bits per heavy atom. The molecule has 2 fully saturated rings. The van der Waals surface area contributed by atoms with Gasteiger partial charge in [-0.25, -0.2) is 4.39 Å². The summed E-state index contributed by atoms with van der Waals surface area (Å²) in [5.74, 6) is -0.371. The van der Waals surface area contributed by atoms with Gasteiger partial charge in [0.1, 0.15) is 11.4 Å². The van der Waals surface area contributed by atoms with Crippen molar-refractivity contribution >= 4 is 5.91 Å². The third-order valence-corrected chi connectivity index (χ3v) is 4.78. The van der Waals surface area contributed by atoms with Gasteiger partial charge in [-0.05, 0) is 30.9 Å². The van der Waals surface area contributed by atoms with Crippen molar-refractivity contribution < 1.29 is 18.7 Å². The lowest BCUT2D eigenvalue weighted by molar-refractivity contribution is -0.160. The minimum Gasteiger partial charge on any atom is -0.378 e. The number of nitrogens with zero attached hydrogens (tertiary/aromatic N) is 1. The molecule has 2 heterocycles. The Kier molecular flexibility index (Phi) is 4.45. The van der Waals surface area contributed by atoms with Crippen molar-refractivity contribution in [2.24, 2.45) is 0 Å². The number of halogens is 1. The number of methoxy groups -OCH3 is 1. The third-order valence-electron chi connectivity index (χ3n) is 4.78. The quantitative estimate of drug-likeness (QED) is 0.859. The van der Waals surface area contributed by atoms with Gasteiger partial charge in [0.05, 0.1) is 19.1 Å². The summed E-state index contributed by atoms with van der Waals surface area (Å²) in [6.07, 6.45) is 2.80. The molecule has 0 unspecified atom stereocenters. The van der Waals surface area contributed by atoms with E-state index in [1.165, 1.54) is 6.07 Å². The van der Waals surface area contributed by atoms with Gasteiger partial charge in [-0.1, -0.05) is 18.2 Å². The van der Waals surface area contributed by atoms with Crippen LogP contribution in [0.5, 0.6) is 0 Å². The summed E-state index contributed by atoms with van der Waals surface area (Å²) in [5.41, 5.74) is 0.0699. The number of hydrogen-bond acceptors (Lipinski definition) is 3. The molecule has 4 nitrogen and oxygen atoms in total. The average molecular weight is 307 g/mol. The lowest BCUT2D eigenvalue weighted by atomic mass is 9.86. The minimum absolute atomic E-state index is 0.0347. The molecular formula is C17H22FNO3. The molecule has 0 N–H and O–H groups in total. The van der Waals surface area contributed by atoms with Gasteiger partial charge >= 0.3 is 0 Å². The zero-order valence-electron chi connectivity index (χ0n) is 12.9. The van der Waals surface area contributed by atoms with Gasteiger partial charge in [0.2, 0.25) is 5.91 Å². The highest BCUT2D eigenvalue weighted by Crippen LogP contribution is 2.36. The summed E-state index contributed by atoms with van der Waals surface area (Å²) in [7, 11) is 1.70. The first kappa shape index (κ1) is 15.4. The van der Waals surface area contributed by atoms with Gasteiger partial charge in [0.25, 0.3) is 0 Å². The van der Waals surface area contributed by atoms with Gasteiger partial charge in [-0.3, -0.25) is 4.79 Å². The molecule has 3 rings (SSSR count). The summed E-state index contributed by atoms with van der Waals surface area (Å²) in [6.45, 7) is 1.89. The molecule has 2 atom stereocenters. The summed E-state index contributed by atoms with van der Waals surface area (Å²) in [6, 6.07) is 6.44. The van der Waals surface area contributed by atoms with E-state index in [2.05, 4.69) is 0 Å². The van der Waals surface area contributed by atoms with Gasteiger partial charge in [-0.15, -0.1) is 0 Å². The SMILES string of the molecule is CO[C@H]1CCN(C(=O)Cc2ccccc2F)C[C@@]12CCCO2. The second-order valence-electron chi connectivity index (χ2n) is 6.11. The molecule has 1 aromatic rings. The van der Waals surface area contributed by atoms with Crippen molar-refractivity contribution in [2.75, 3.05) is 26.8 Å². The van der Waals surface area contributed by atoms with Crippen molar-refractivity contribution in [1.82, 2.24) is 4.90 Å². The van der Waals surface area contributed by atoms with Crippen LogP contribution in [0, 0.1) is 5.82 Å². The van der Waals surface area contributed by atoms with Crippen molar-refractivity contribution in [1.29, 1.82) is 0 Å². The van der Waals surface area contributed by atoms with Crippen molar-refractivity contribution in [3.63, 3.8) is 0 Å². The Morgan fingerprint density at radius 1 is 1.50 bits per heavy atom. The zero-order chi connectivity index (χ0) is 15.6. The molecule has 1 amide bonds. The molecule has 1 aromatic carbocycles. The topological polar surface area (TPSA) is 38.8 Å². The average Bonchev–Trinajstić information content (AvgIpc) is 2.98. The number of carbonyl (C=O) groups excluding carboxylic acids is 1. The lowest BCUT2D eigenvalue weighted by Gasteiger charge is -2.44. The number of benzene rings is 1. The number of piperidine rings is 1. The van der Waals surface area contributed by atoms with Crippen LogP contribution in [0.1, 0.15) is 24.8 Å². The monoisotopic (exact) mass is 307 g/mol. The molecule has 2 aliphatic rings. The number of likely N-dealkylation sites (tertiary alicyclic amines) is 1. The first-order chi connectivity index (χ1) is 10.6. The largest absolute Gasteiger partial charge is 0.378 e. The lowest BCUT2D eigenvalue weighted by Crippen LogP contribution is -2.58. The molecular weight excluding hydrogens is 285 g/mol. The van der Waals surface area contributed by atoms with E-state index in [4.69, 9.17) is 9.47 Å². The van der Waals surface area contributed by atoms with Gasteiger partial charge in [0.15, 0.2) is 0 Å². The second-order valence-corrected chi connectivity index (χ2v) is 6.11. The maximum absolute atomic E-state index is 13.7. The minimum atomic E-state index is -0.377. The van der Waals surface area contributed by atoms with E-state index in [1.807, 2.05) is 0 Å². The summed E-state index contributed by atoms with van der Waals surface area (Å²) < 4.78 is 25.2. The third kappa shape index (κ3) is 2.88. The zero-order valence-corrected chi connectivity index (χ0v) is 12.9. The summed E-state index contributed by atoms with van der Waals surface area (Å²) in [4.78, 5) is 14.3. The predicted octanol–water partition coefficient (Wildman–Crippen LogP) is 2.16. The van der Waals surface area contributed by atoms with E-state index in [1.54, 1.807) is 30.2 Å². The Bertz CT molecular complexity index is 542. The highest BCUT2D eigenvalue weighted by Gasteiger charge is 2.48. The number of hydrogen-bond donors (Lipinski definition) is 0. The standard InChI is InChI=1S/C17H22FNO3/c1-21-15-7-9-19(12-17(15)8-4-10-22-17)16(20)11-13-5-2-3-6-14(13)18/h2-3,5-6,15H,4,7-12H2,1H3/t15-,17-/m0/s1. The maximum Gasteiger partial charge on any atom is 0.227 e. The highest BCUT2D eigenvalue weighted by atomic mass is 19.1. The fraction of sp³-hybridized carbons (Fsp3) is 0.588. The molecule has 0 bridgehead atoms. The van der Waals surface area contributed by atoms with Crippen molar-refractivity contribution in [2.45, 2.75) is 37.4 Å². The van der Waals surface area contributed by atoms with Crippen LogP contribution in [0.3, 0.4) is 0 Å². The van der Waals surface area contributed by atoms with Crippen LogP contribution in [0.25, 0.3) is 0 Å². The fourth-order valence-electron chi connectivity index (χ4n) is 3.60. The van der Waals surface area contributed by atoms with Crippen molar-refractivity contribution in [3.05, 3.63) is 35.6 Å². The van der Waals surface area contributed by atoms with Crippen LogP contribution in [-0.2, 0) is 20.7 Å². The Morgan fingerprint density at radius 2 is 2.32 bits per heavy atom. The molecule has 0 aromatic heterocycles. The van der Waals surface area contributed by atoms with Gasteiger partial charge in [0, 0.05) is 20.3 Å². The number of rotatable bonds is 3. The highest BCUT2D eigenvalue weighted by molar-refractivity contribution is 5.79. The molecule has 22 heavy (non-hydrogen) atoms. The van der Waals surface area contributed by atoms with Gasteiger partial charge in [-0.2, -0.15) is 0 Å². The number of carbonyl (C=O) groups is 1. The molecule has 2 aliphatic heterocycles. The van der Waals surface area contributed by atoms with Crippen LogP contribution < -0.4 is 0 Å². The van der Waals surface area contributed by atoms with E-state index < -0.39 is 0 Å². The van der Waals surface area contributed by atoms with Crippen LogP contribution >= 0.6 is 0 Å². The smallest absolute Gasteiger partial charge is 0.227 e. The molecule has 5 heteroatoms. The first-order valence-corrected chi connectivity index (χ1v) is 7.82. The fourth-order valence-corrected chi connectivity index (χ4v) is 3.60. The maximum atomic E-state index is 13.7. The molecule has 2 saturated heterocycles. The summed E-state index contributed by atoms with van der Waals surface area (Å²) >= 11 is 0. The van der Waals surface area contributed by atoms with Crippen LogP contribution in [0.2, 0.25) is 0 Å². The summed E-state index contributed by atoms with van der Waals surface area (Å²) in [5, 5.41) is 0. The van der Waals surface area contributed by atoms with Crippen LogP contribution in [-0.4, -0.2) is 49.3 Å². The Balaban J connectivity index is 1.70.